The zero-order valence-electron chi connectivity index (χ0n) is 8.35. The minimum Gasteiger partial charge on any atom is -0.506 e. The van der Waals surface area contributed by atoms with Crippen LogP contribution >= 0.6 is 27.5 Å². The van der Waals surface area contributed by atoms with Gasteiger partial charge >= 0.3 is 0 Å². The zero-order chi connectivity index (χ0) is 12.4. The van der Waals surface area contributed by atoms with Gasteiger partial charge in [0.05, 0.1) is 16.1 Å². The number of nitriles is 1. The average Bonchev–Trinajstić information content (AvgIpc) is 2.34. The molecule has 0 fully saturated rings. The van der Waals surface area contributed by atoms with Crippen LogP contribution < -0.4 is 0 Å². The number of hydrogen-bond acceptors (Lipinski definition) is 4. The van der Waals surface area contributed by atoms with Crippen LogP contribution in [0.25, 0.3) is 11.1 Å². The van der Waals surface area contributed by atoms with Gasteiger partial charge in [0.1, 0.15) is 5.75 Å². The third-order valence-electron chi connectivity index (χ3n) is 2.12. The highest BCUT2D eigenvalue weighted by Gasteiger charge is 2.11. The second kappa shape index (κ2) is 4.70. The summed E-state index contributed by atoms with van der Waals surface area (Å²) < 4.78 is 0.446. The Morgan fingerprint density at radius 2 is 1.94 bits per heavy atom. The lowest BCUT2D eigenvalue weighted by Crippen LogP contribution is -1.87. The van der Waals surface area contributed by atoms with Crippen molar-refractivity contribution in [1.29, 1.82) is 5.26 Å². The van der Waals surface area contributed by atoms with Crippen LogP contribution in [0.2, 0.25) is 5.28 Å². The Hall–Kier alpha value is -1.64. The first-order valence-electron chi connectivity index (χ1n) is 4.52. The number of halogens is 2. The van der Waals surface area contributed by atoms with Gasteiger partial charge in [-0.2, -0.15) is 5.26 Å². The SMILES string of the molecule is N#Cc1cc(Br)c(O)c(-c2cnc(Cl)nc2)c1. The molecule has 0 aliphatic carbocycles. The lowest BCUT2D eigenvalue weighted by Gasteiger charge is -2.06. The van der Waals surface area contributed by atoms with E-state index in [0.29, 0.717) is 21.2 Å². The number of aromatic hydroxyl groups is 1. The van der Waals surface area contributed by atoms with Gasteiger partial charge in [0.15, 0.2) is 0 Å². The van der Waals surface area contributed by atoms with Crippen molar-refractivity contribution in [2.75, 3.05) is 0 Å². The summed E-state index contributed by atoms with van der Waals surface area (Å²) >= 11 is 8.76. The van der Waals surface area contributed by atoms with Gasteiger partial charge in [-0.25, -0.2) is 9.97 Å². The van der Waals surface area contributed by atoms with Crippen molar-refractivity contribution >= 4 is 27.5 Å². The molecule has 0 atom stereocenters. The number of nitrogens with zero attached hydrogens (tertiary/aromatic N) is 3. The predicted octanol–water partition coefficient (Wildman–Crippen LogP) is 3.14. The Bertz CT molecular complexity index is 607. The average molecular weight is 311 g/mol. The summed E-state index contributed by atoms with van der Waals surface area (Å²) in [4.78, 5) is 7.65. The van der Waals surface area contributed by atoms with Crippen LogP contribution in [0.4, 0.5) is 0 Å². The van der Waals surface area contributed by atoms with E-state index in [1.54, 1.807) is 6.07 Å². The summed E-state index contributed by atoms with van der Waals surface area (Å²) in [6.07, 6.45) is 2.97. The van der Waals surface area contributed by atoms with Gasteiger partial charge in [-0.05, 0) is 39.7 Å². The molecule has 0 aliphatic heterocycles. The molecule has 6 heteroatoms. The Kier molecular flexibility index (Phi) is 3.27. The van der Waals surface area contributed by atoms with Crippen molar-refractivity contribution in [1.82, 2.24) is 9.97 Å². The summed E-state index contributed by atoms with van der Waals surface area (Å²) in [7, 11) is 0. The van der Waals surface area contributed by atoms with E-state index in [0.717, 1.165) is 0 Å². The van der Waals surface area contributed by atoms with Crippen molar-refractivity contribution in [3.8, 4) is 22.9 Å². The second-order valence-electron chi connectivity index (χ2n) is 3.21. The fourth-order valence-corrected chi connectivity index (χ4v) is 1.89. The van der Waals surface area contributed by atoms with Gasteiger partial charge in [-0.1, -0.05) is 0 Å². The Balaban J connectivity index is 2.63. The van der Waals surface area contributed by atoms with Gasteiger partial charge in [-0.3, -0.25) is 0 Å². The summed E-state index contributed by atoms with van der Waals surface area (Å²) in [6, 6.07) is 5.11. The highest BCUT2D eigenvalue weighted by Crippen LogP contribution is 2.36. The molecule has 1 aromatic heterocycles. The highest BCUT2D eigenvalue weighted by molar-refractivity contribution is 9.10. The van der Waals surface area contributed by atoms with E-state index < -0.39 is 0 Å². The van der Waals surface area contributed by atoms with E-state index in [1.807, 2.05) is 6.07 Å². The van der Waals surface area contributed by atoms with Crippen LogP contribution in [0.3, 0.4) is 0 Å². The molecular formula is C11H5BrClN3O. The first-order chi connectivity index (χ1) is 8.11. The lowest BCUT2D eigenvalue weighted by molar-refractivity contribution is 0.474. The number of phenols is 1. The number of phenolic OH excluding ortho intramolecular Hbond substituents is 1. The van der Waals surface area contributed by atoms with E-state index >= 15 is 0 Å². The molecule has 17 heavy (non-hydrogen) atoms. The molecule has 84 valence electrons. The van der Waals surface area contributed by atoms with Crippen LogP contribution in [0.1, 0.15) is 5.56 Å². The first-order valence-corrected chi connectivity index (χ1v) is 5.69. The summed E-state index contributed by atoms with van der Waals surface area (Å²) in [5, 5.41) is 18.9. The number of hydrogen-bond donors (Lipinski definition) is 1. The van der Waals surface area contributed by atoms with Crippen molar-refractivity contribution in [2.24, 2.45) is 0 Å². The van der Waals surface area contributed by atoms with E-state index in [9.17, 15) is 5.11 Å². The molecule has 0 unspecified atom stereocenters. The van der Waals surface area contributed by atoms with Crippen molar-refractivity contribution in [3.05, 3.63) is 39.8 Å². The Morgan fingerprint density at radius 1 is 1.29 bits per heavy atom. The van der Waals surface area contributed by atoms with Crippen LogP contribution in [-0.2, 0) is 0 Å². The number of benzene rings is 1. The maximum absolute atomic E-state index is 9.90. The van der Waals surface area contributed by atoms with Crippen molar-refractivity contribution in [3.63, 3.8) is 0 Å². The normalized spacial score (nSPS) is 9.94. The van der Waals surface area contributed by atoms with Gasteiger partial charge in [0.2, 0.25) is 5.28 Å². The zero-order valence-corrected chi connectivity index (χ0v) is 10.7. The third kappa shape index (κ3) is 2.38. The van der Waals surface area contributed by atoms with E-state index in [1.165, 1.54) is 18.5 Å². The molecule has 1 aromatic carbocycles. The van der Waals surface area contributed by atoms with Crippen LogP contribution in [0, 0.1) is 11.3 Å². The molecule has 0 radical (unpaired) electrons. The summed E-state index contributed by atoms with van der Waals surface area (Å²) in [5.74, 6) is 0.0370. The molecule has 1 N–H and O–H groups in total. The Labute approximate surface area is 111 Å². The summed E-state index contributed by atoms with van der Waals surface area (Å²) in [5.41, 5.74) is 1.50. The lowest BCUT2D eigenvalue weighted by atomic mass is 10.1. The molecular weight excluding hydrogens is 305 g/mol. The van der Waals surface area contributed by atoms with Crippen LogP contribution in [0.5, 0.6) is 5.75 Å². The van der Waals surface area contributed by atoms with E-state index in [2.05, 4.69) is 25.9 Å². The van der Waals surface area contributed by atoms with Gasteiger partial charge < -0.3 is 5.11 Å². The molecule has 0 saturated carbocycles. The molecule has 0 amide bonds. The molecule has 1 heterocycles. The maximum atomic E-state index is 9.90. The van der Waals surface area contributed by atoms with Crippen LogP contribution in [0.15, 0.2) is 29.0 Å². The Morgan fingerprint density at radius 3 is 2.53 bits per heavy atom. The second-order valence-corrected chi connectivity index (χ2v) is 4.40. The van der Waals surface area contributed by atoms with Crippen LogP contribution in [-0.4, -0.2) is 15.1 Å². The monoisotopic (exact) mass is 309 g/mol. The molecule has 0 saturated heterocycles. The molecule has 0 bridgehead atoms. The van der Waals surface area contributed by atoms with E-state index in [4.69, 9.17) is 16.9 Å². The molecule has 0 spiro atoms. The molecule has 0 aliphatic rings. The summed E-state index contributed by atoms with van der Waals surface area (Å²) in [6.45, 7) is 0. The third-order valence-corrected chi connectivity index (χ3v) is 2.92. The topological polar surface area (TPSA) is 69.8 Å². The number of rotatable bonds is 1. The molecule has 2 aromatic rings. The first kappa shape index (κ1) is 11.8. The fourth-order valence-electron chi connectivity index (χ4n) is 1.34. The predicted molar refractivity (Wildman–Crippen MR) is 66.6 cm³/mol. The minimum absolute atomic E-state index is 0.0370. The maximum Gasteiger partial charge on any atom is 0.222 e. The minimum atomic E-state index is 0.0370. The van der Waals surface area contributed by atoms with Crippen molar-refractivity contribution < 1.29 is 5.11 Å². The molecule has 4 nitrogen and oxygen atoms in total. The largest absolute Gasteiger partial charge is 0.506 e. The number of aromatic nitrogens is 2. The fraction of sp³-hybridized carbons (Fsp3) is 0. The standard InChI is InChI=1S/C11H5BrClN3O/c12-9-2-6(3-14)1-8(10(9)17)7-4-15-11(13)16-5-7/h1-2,4-5,17H. The van der Waals surface area contributed by atoms with Gasteiger partial charge in [0, 0.05) is 23.5 Å². The van der Waals surface area contributed by atoms with E-state index in [-0.39, 0.29) is 11.0 Å². The highest BCUT2D eigenvalue weighted by atomic mass is 79.9. The smallest absolute Gasteiger partial charge is 0.222 e. The van der Waals surface area contributed by atoms with Gasteiger partial charge in [0.25, 0.3) is 0 Å². The van der Waals surface area contributed by atoms with Gasteiger partial charge in [-0.15, -0.1) is 0 Å². The van der Waals surface area contributed by atoms with Crippen molar-refractivity contribution in [2.45, 2.75) is 0 Å². The quantitative estimate of drug-likeness (QED) is 0.822. The molecule has 2 rings (SSSR count).